The highest BCUT2D eigenvalue weighted by molar-refractivity contribution is 5.78. The van der Waals surface area contributed by atoms with Gasteiger partial charge in [-0.2, -0.15) is 4.98 Å². The molecule has 2 aromatic carbocycles. The lowest BCUT2D eigenvalue weighted by molar-refractivity contribution is -0.126. The summed E-state index contributed by atoms with van der Waals surface area (Å²) < 4.78 is 10.4. The molecule has 1 N–H and O–H groups in total. The smallest absolute Gasteiger partial charge is 0.246 e. The van der Waals surface area contributed by atoms with Gasteiger partial charge in [-0.15, -0.1) is 0 Å². The van der Waals surface area contributed by atoms with E-state index in [0.717, 1.165) is 43.8 Å². The van der Waals surface area contributed by atoms with E-state index in [1.165, 1.54) is 11.1 Å². The van der Waals surface area contributed by atoms with Gasteiger partial charge in [-0.25, -0.2) is 0 Å². The first-order valence-corrected chi connectivity index (χ1v) is 10.6. The Balaban J connectivity index is 1.23. The van der Waals surface area contributed by atoms with Crippen LogP contribution in [0.4, 0.5) is 0 Å². The largest absolute Gasteiger partial charge is 0.497 e. The Kier molecular flexibility index (Phi) is 6.62. The van der Waals surface area contributed by atoms with E-state index in [1.54, 1.807) is 7.11 Å². The quantitative estimate of drug-likeness (QED) is 0.629. The number of amides is 1. The predicted octanol–water partition coefficient (Wildman–Crippen LogP) is 3.58. The molecule has 31 heavy (non-hydrogen) atoms. The third-order valence-corrected chi connectivity index (χ3v) is 5.72. The summed E-state index contributed by atoms with van der Waals surface area (Å²) in [6.45, 7) is 5.13. The highest BCUT2D eigenvalue weighted by atomic mass is 16.5. The molecular weight excluding hydrogens is 392 g/mol. The lowest BCUT2D eigenvalue weighted by Crippen LogP contribution is -2.40. The van der Waals surface area contributed by atoms with Gasteiger partial charge in [0.1, 0.15) is 5.75 Å². The van der Waals surface area contributed by atoms with Gasteiger partial charge in [0.05, 0.1) is 13.7 Å². The van der Waals surface area contributed by atoms with E-state index in [4.69, 9.17) is 9.26 Å². The van der Waals surface area contributed by atoms with Crippen molar-refractivity contribution in [3.05, 3.63) is 65.5 Å². The fourth-order valence-electron chi connectivity index (χ4n) is 3.80. The second-order valence-electron chi connectivity index (χ2n) is 7.99. The number of nitrogens with zero attached hydrogens (tertiary/aromatic N) is 3. The number of likely N-dealkylation sites (tertiary alicyclic amines) is 1. The minimum Gasteiger partial charge on any atom is -0.497 e. The van der Waals surface area contributed by atoms with Crippen molar-refractivity contribution in [2.45, 2.75) is 32.9 Å². The molecule has 0 radical (unpaired) electrons. The van der Waals surface area contributed by atoms with Gasteiger partial charge in [-0.05, 0) is 62.7 Å². The molecule has 0 atom stereocenters. The summed E-state index contributed by atoms with van der Waals surface area (Å²) >= 11 is 0. The number of nitrogens with one attached hydrogen (secondary N) is 1. The lowest BCUT2D eigenvalue weighted by Gasteiger charge is -2.31. The number of carbonyl (C=O) groups excluding carboxylic acids is 1. The van der Waals surface area contributed by atoms with Crippen LogP contribution < -0.4 is 10.1 Å². The maximum absolute atomic E-state index is 12.6. The average Bonchev–Trinajstić information content (AvgIpc) is 3.29. The summed E-state index contributed by atoms with van der Waals surface area (Å²) in [7, 11) is 1.62. The Bertz CT molecular complexity index is 990. The van der Waals surface area contributed by atoms with Gasteiger partial charge in [-0.3, -0.25) is 9.69 Å². The van der Waals surface area contributed by atoms with E-state index in [1.807, 2.05) is 24.3 Å². The topological polar surface area (TPSA) is 80.5 Å². The normalized spacial score (nSPS) is 15.0. The SMILES string of the molecule is COc1ccc(-c2noc(CNC(=O)C3CCN(Cc4ccc(C)cc4)CC3)n2)cc1. The number of benzene rings is 2. The molecule has 1 fully saturated rings. The number of piperidine rings is 1. The standard InChI is InChI=1S/C24H28N4O3/c1-17-3-5-18(6-4-17)16-28-13-11-20(12-14-28)24(29)25-15-22-26-23(27-31-22)19-7-9-21(30-2)10-8-19/h3-10,20H,11-16H2,1-2H3,(H,25,29). The summed E-state index contributed by atoms with van der Waals surface area (Å²) in [4.78, 5) is 19.4. The molecule has 1 amide bonds. The first kappa shape index (κ1) is 21.1. The van der Waals surface area contributed by atoms with Crippen LogP contribution >= 0.6 is 0 Å². The van der Waals surface area contributed by atoms with Crippen molar-refractivity contribution in [1.29, 1.82) is 0 Å². The molecule has 0 aliphatic carbocycles. The van der Waals surface area contributed by atoms with Crippen LogP contribution in [-0.4, -0.2) is 41.1 Å². The van der Waals surface area contributed by atoms with Crippen molar-refractivity contribution < 1.29 is 14.1 Å². The molecule has 162 valence electrons. The summed E-state index contributed by atoms with van der Waals surface area (Å²) in [5.74, 6) is 1.74. The average molecular weight is 421 g/mol. The molecule has 0 bridgehead atoms. The number of methoxy groups -OCH3 is 1. The molecule has 7 nitrogen and oxygen atoms in total. The molecule has 0 saturated carbocycles. The van der Waals surface area contributed by atoms with E-state index in [9.17, 15) is 4.79 Å². The molecule has 1 aliphatic rings. The highest BCUT2D eigenvalue weighted by Crippen LogP contribution is 2.21. The molecule has 7 heteroatoms. The zero-order valence-electron chi connectivity index (χ0n) is 18.0. The molecule has 4 rings (SSSR count). The van der Waals surface area contributed by atoms with Gasteiger partial charge < -0.3 is 14.6 Å². The summed E-state index contributed by atoms with van der Waals surface area (Å²) in [5.41, 5.74) is 3.43. The van der Waals surface area contributed by atoms with Crippen LogP contribution in [0.5, 0.6) is 5.75 Å². The van der Waals surface area contributed by atoms with Crippen molar-refractivity contribution in [2.75, 3.05) is 20.2 Å². The minimum atomic E-state index is 0.0262. The fourth-order valence-corrected chi connectivity index (χ4v) is 3.80. The molecule has 1 aromatic heterocycles. The van der Waals surface area contributed by atoms with Gasteiger partial charge in [0.2, 0.25) is 17.6 Å². The number of hydrogen-bond acceptors (Lipinski definition) is 6. The van der Waals surface area contributed by atoms with Crippen molar-refractivity contribution in [3.8, 4) is 17.1 Å². The number of rotatable bonds is 7. The van der Waals surface area contributed by atoms with Gasteiger partial charge >= 0.3 is 0 Å². The van der Waals surface area contributed by atoms with Gasteiger partial charge in [0.25, 0.3) is 0 Å². The van der Waals surface area contributed by atoms with Crippen LogP contribution in [0.3, 0.4) is 0 Å². The number of carbonyl (C=O) groups is 1. The molecule has 1 aliphatic heterocycles. The van der Waals surface area contributed by atoms with E-state index in [-0.39, 0.29) is 18.4 Å². The number of ether oxygens (including phenoxy) is 1. The third kappa shape index (κ3) is 5.49. The van der Waals surface area contributed by atoms with Crippen LogP contribution in [0, 0.1) is 12.8 Å². The lowest BCUT2D eigenvalue weighted by atomic mass is 9.95. The van der Waals surface area contributed by atoms with Crippen LogP contribution in [0.1, 0.15) is 29.9 Å². The predicted molar refractivity (Wildman–Crippen MR) is 117 cm³/mol. The first-order valence-electron chi connectivity index (χ1n) is 10.6. The maximum atomic E-state index is 12.6. The molecular formula is C24H28N4O3. The van der Waals surface area contributed by atoms with Crippen molar-refractivity contribution in [1.82, 2.24) is 20.4 Å². The molecule has 2 heterocycles. The number of aryl methyl sites for hydroxylation is 1. The molecule has 1 saturated heterocycles. The van der Waals surface area contributed by atoms with Gasteiger partial charge in [-0.1, -0.05) is 35.0 Å². The second kappa shape index (κ2) is 9.75. The monoisotopic (exact) mass is 420 g/mol. The number of hydrogen-bond donors (Lipinski definition) is 1. The zero-order chi connectivity index (χ0) is 21.6. The summed E-state index contributed by atoms with van der Waals surface area (Å²) in [6.07, 6.45) is 1.72. The Morgan fingerprint density at radius 1 is 1.13 bits per heavy atom. The van der Waals surface area contributed by atoms with Crippen LogP contribution in [0.15, 0.2) is 53.1 Å². The highest BCUT2D eigenvalue weighted by Gasteiger charge is 2.25. The van der Waals surface area contributed by atoms with E-state index in [2.05, 4.69) is 51.5 Å². The van der Waals surface area contributed by atoms with Gasteiger partial charge in [0, 0.05) is 18.0 Å². The molecule has 3 aromatic rings. The van der Waals surface area contributed by atoms with E-state index < -0.39 is 0 Å². The van der Waals surface area contributed by atoms with Gasteiger partial charge in [0.15, 0.2) is 0 Å². The van der Waals surface area contributed by atoms with E-state index in [0.29, 0.717) is 11.7 Å². The molecule has 0 spiro atoms. The van der Waals surface area contributed by atoms with Crippen molar-refractivity contribution in [2.24, 2.45) is 5.92 Å². The molecule has 0 unspecified atom stereocenters. The second-order valence-corrected chi connectivity index (χ2v) is 7.99. The first-order chi connectivity index (χ1) is 15.1. The van der Waals surface area contributed by atoms with Crippen molar-refractivity contribution in [3.63, 3.8) is 0 Å². The Labute approximate surface area is 182 Å². The maximum Gasteiger partial charge on any atom is 0.246 e. The summed E-state index contributed by atoms with van der Waals surface area (Å²) in [5, 5.41) is 6.95. The van der Waals surface area contributed by atoms with E-state index >= 15 is 0 Å². The minimum absolute atomic E-state index is 0.0262. The zero-order valence-corrected chi connectivity index (χ0v) is 18.0. The van der Waals surface area contributed by atoms with Crippen LogP contribution in [0.25, 0.3) is 11.4 Å². The van der Waals surface area contributed by atoms with Crippen LogP contribution in [0.2, 0.25) is 0 Å². The van der Waals surface area contributed by atoms with Crippen LogP contribution in [-0.2, 0) is 17.9 Å². The fraction of sp³-hybridized carbons (Fsp3) is 0.375. The Hall–Kier alpha value is -3.19. The van der Waals surface area contributed by atoms with Crippen molar-refractivity contribution >= 4 is 5.91 Å². The Morgan fingerprint density at radius 3 is 2.52 bits per heavy atom. The Morgan fingerprint density at radius 2 is 1.84 bits per heavy atom. The summed E-state index contributed by atoms with van der Waals surface area (Å²) in [6, 6.07) is 16.1. The third-order valence-electron chi connectivity index (χ3n) is 5.72. The number of aromatic nitrogens is 2.